The molecule has 92 valence electrons. The standard InChI is InChI=1S/C11H21N3O2/c15-9-10-2-1-5-14(10)11(16)8-13-6-3-12-4-7-13/h10,12,15H,1-9H2/t10-/m0/s1. The van der Waals surface area contributed by atoms with Gasteiger partial charge in [-0.1, -0.05) is 0 Å². The highest BCUT2D eigenvalue weighted by Gasteiger charge is 2.28. The Kier molecular flexibility index (Phi) is 4.15. The normalized spacial score (nSPS) is 27.3. The largest absolute Gasteiger partial charge is 0.394 e. The summed E-state index contributed by atoms with van der Waals surface area (Å²) >= 11 is 0. The summed E-state index contributed by atoms with van der Waals surface area (Å²) in [5, 5.41) is 12.4. The van der Waals surface area contributed by atoms with Gasteiger partial charge in [0, 0.05) is 32.7 Å². The molecule has 0 radical (unpaired) electrons. The molecule has 0 aromatic heterocycles. The van der Waals surface area contributed by atoms with E-state index in [-0.39, 0.29) is 18.6 Å². The second-order valence-electron chi connectivity index (χ2n) is 4.59. The van der Waals surface area contributed by atoms with Crippen LogP contribution in [0.1, 0.15) is 12.8 Å². The lowest BCUT2D eigenvalue weighted by atomic mass is 10.2. The third-order valence-electron chi connectivity index (χ3n) is 3.48. The van der Waals surface area contributed by atoms with E-state index >= 15 is 0 Å². The van der Waals surface area contributed by atoms with Crippen LogP contribution in [0.3, 0.4) is 0 Å². The van der Waals surface area contributed by atoms with Crippen molar-refractivity contribution in [1.82, 2.24) is 15.1 Å². The highest BCUT2D eigenvalue weighted by atomic mass is 16.3. The Morgan fingerprint density at radius 3 is 2.75 bits per heavy atom. The highest BCUT2D eigenvalue weighted by molar-refractivity contribution is 5.79. The maximum absolute atomic E-state index is 12.0. The summed E-state index contributed by atoms with van der Waals surface area (Å²) in [6, 6.07) is 0.0652. The van der Waals surface area contributed by atoms with Gasteiger partial charge in [-0.15, -0.1) is 0 Å². The number of aliphatic hydroxyl groups is 1. The third-order valence-corrected chi connectivity index (χ3v) is 3.48. The molecule has 5 heteroatoms. The second kappa shape index (κ2) is 5.61. The average molecular weight is 227 g/mol. The molecule has 2 aliphatic rings. The quantitative estimate of drug-likeness (QED) is 0.641. The molecule has 1 atom stereocenters. The van der Waals surface area contributed by atoms with Crippen molar-refractivity contribution in [2.45, 2.75) is 18.9 Å². The predicted octanol–water partition coefficient (Wildman–Crippen LogP) is -1.13. The minimum atomic E-state index is 0.0652. The van der Waals surface area contributed by atoms with Crippen LogP contribution in [0.4, 0.5) is 0 Å². The Balaban J connectivity index is 1.82. The Labute approximate surface area is 96.4 Å². The van der Waals surface area contributed by atoms with Crippen molar-refractivity contribution < 1.29 is 9.90 Å². The molecule has 0 aromatic carbocycles. The SMILES string of the molecule is O=C(CN1CCNCC1)N1CCC[C@H]1CO. The minimum Gasteiger partial charge on any atom is -0.394 e. The minimum absolute atomic E-state index is 0.0652. The summed E-state index contributed by atoms with van der Waals surface area (Å²) in [6.07, 6.45) is 1.97. The van der Waals surface area contributed by atoms with Crippen molar-refractivity contribution in [2.75, 3.05) is 45.9 Å². The van der Waals surface area contributed by atoms with Gasteiger partial charge in [0.25, 0.3) is 0 Å². The zero-order chi connectivity index (χ0) is 11.4. The van der Waals surface area contributed by atoms with Gasteiger partial charge >= 0.3 is 0 Å². The summed E-state index contributed by atoms with van der Waals surface area (Å²) in [4.78, 5) is 16.1. The van der Waals surface area contributed by atoms with Gasteiger partial charge in [-0.3, -0.25) is 9.69 Å². The fraction of sp³-hybridized carbons (Fsp3) is 0.909. The molecule has 2 heterocycles. The molecule has 0 spiro atoms. The summed E-state index contributed by atoms with van der Waals surface area (Å²) in [7, 11) is 0. The topological polar surface area (TPSA) is 55.8 Å². The summed E-state index contributed by atoms with van der Waals surface area (Å²) in [5.74, 6) is 0.179. The van der Waals surface area contributed by atoms with Crippen LogP contribution >= 0.6 is 0 Å². The predicted molar refractivity (Wildman–Crippen MR) is 61.1 cm³/mol. The number of piperazine rings is 1. The van der Waals surface area contributed by atoms with E-state index in [1.165, 1.54) is 0 Å². The number of rotatable bonds is 3. The lowest BCUT2D eigenvalue weighted by Gasteiger charge is -2.30. The van der Waals surface area contributed by atoms with Gasteiger partial charge in [0.15, 0.2) is 0 Å². The first-order valence-corrected chi connectivity index (χ1v) is 6.14. The summed E-state index contributed by atoms with van der Waals surface area (Å²) in [6.45, 7) is 5.27. The van der Waals surface area contributed by atoms with Crippen LogP contribution in [0, 0.1) is 0 Å². The third kappa shape index (κ3) is 2.72. The molecule has 2 N–H and O–H groups in total. The van der Waals surface area contributed by atoms with Crippen molar-refractivity contribution in [3.8, 4) is 0 Å². The molecular weight excluding hydrogens is 206 g/mol. The van der Waals surface area contributed by atoms with E-state index < -0.39 is 0 Å². The Hall–Kier alpha value is -0.650. The maximum atomic E-state index is 12.0. The van der Waals surface area contributed by atoms with E-state index in [4.69, 9.17) is 0 Å². The fourth-order valence-electron chi connectivity index (χ4n) is 2.51. The van der Waals surface area contributed by atoms with Crippen LogP contribution in [0.25, 0.3) is 0 Å². The van der Waals surface area contributed by atoms with E-state index in [9.17, 15) is 9.90 Å². The van der Waals surface area contributed by atoms with Crippen LogP contribution in [0.5, 0.6) is 0 Å². The number of carbonyl (C=O) groups is 1. The number of hydrogen-bond donors (Lipinski definition) is 2. The maximum Gasteiger partial charge on any atom is 0.237 e. The Bertz CT molecular complexity index is 241. The number of likely N-dealkylation sites (tertiary alicyclic amines) is 1. The molecule has 2 aliphatic heterocycles. The number of amides is 1. The van der Waals surface area contributed by atoms with E-state index in [0.717, 1.165) is 45.6 Å². The summed E-state index contributed by atoms with van der Waals surface area (Å²) < 4.78 is 0. The van der Waals surface area contributed by atoms with Gasteiger partial charge < -0.3 is 15.3 Å². The first-order valence-electron chi connectivity index (χ1n) is 6.14. The van der Waals surface area contributed by atoms with Crippen molar-refractivity contribution in [3.05, 3.63) is 0 Å². The van der Waals surface area contributed by atoms with Gasteiger partial charge in [0.1, 0.15) is 0 Å². The molecule has 16 heavy (non-hydrogen) atoms. The molecule has 0 saturated carbocycles. The van der Waals surface area contributed by atoms with Gasteiger partial charge in [-0.2, -0.15) is 0 Å². The number of hydrogen-bond acceptors (Lipinski definition) is 4. The van der Waals surface area contributed by atoms with Crippen molar-refractivity contribution in [3.63, 3.8) is 0 Å². The van der Waals surface area contributed by atoms with Gasteiger partial charge in [-0.25, -0.2) is 0 Å². The van der Waals surface area contributed by atoms with Crippen LogP contribution in [-0.4, -0.2) is 72.7 Å². The lowest BCUT2D eigenvalue weighted by molar-refractivity contribution is -0.134. The van der Waals surface area contributed by atoms with Crippen molar-refractivity contribution in [1.29, 1.82) is 0 Å². The first kappa shape index (κ1) is 11.8. The average Bonchev–Trinajstić information content (AvgIpc) is 2.78. The number of carbonyl (C=O) groups excluding carboxylic acids is 1. The van der Waals surface area contributed by atoms with Crippen LogP contribution in [0.15, 0.2) is 0 Å². The molecule has 1 amide bonds. The fourth-order valence-corrected chi connectivity index (χ4v) is 2.51. The Morgan fingerprint density at radius 1 is 1.31 bits per heavy atom. The molecule has 2 fully saturated rings. The van der Waals surface area contributed by atoms with Crippen molar-refractivity contribution in [2.24, 2.45) is 0 Å². The van der Waals surface area contributed by atoms with Crippen LogP contribution in [-0.2, 0) is 4.79 Å². The lowest BCUT2D eigenvalue weighted by Crippen LogP contribution is -2.49. The van der Waals surface area contributed by atoms with Gasteiger partial charge in [-0.05, 0) is 12.8 Å². The molecule has 2 saturated heterocycles. The van der Waals surface area contributed by atoms with E-state index in [0.29, 0.717) is 6.54 Å². The molecule has 0 aliphatic carbocycles. The monoisotopic (exact) mass is 227 g/mol. The van der Waals surface area contributed by atoms with E-state index in [1.807, 2.05) is 4.90 Å². The molecule has 0 aromatic rings. The smallest absolute Gasteiger partial charge is 0.237 e. The molecule has 5 nitrogen and oxygen atoms in total. The van der Waals surface area contributed by atoms with Gasteiger partial charge in [0.05, 0.1) is 19.2 Å². The van der Waals surface area contributed by atoms with Crippen molar-refractivity contribution >= 4 is 5.91 Å². The molecule has 0 unspecified atom stereocenters. The van der Waals surface area contributed by atoms with Crippen LogP contribution < -0.4 is 5.32 Å². The zero-order valence-corrected chi connectivity index (χ0v) is 9.69. The van der Waals surface area contributed by atoms with E-state index in [2.05, 4.69) is 10.2 Å². The molecular formula is C11H21N3O2. The number of nitrogens with one attached hydrogen (secondary N) is 1. The summed E-state index contributed by atoms with van der Waals surface area (Å²) in [5.41, 5.74) is 0. The first-order chi connectivity index (χ1) is 7.81. The van der Waals surface area contributed by atoms with Crippen LogP contribution in [0.2, 0.25) is 0 Å². The number of nitrogens with zero attached hydrogens (tertiary/aromatic N) is 2. The highest BCUT2D eigenvalue weighted by Crippen LogP contribution is 2.16. The second-order valence-corrected chi connectivity index (χ2v) is 4.59. The molecule has 0 bridgehead atoms. The molecule has 2 rings (SSSR count). The van der Waals surface area contributed by atoms with Gasteiger partial charge in [0.2, 0.25) is 5.91 Å². The van der Waals surface area contributed by atoms with E-state index in [1.54, 1.807) is 0 Å². The number of aliphatic hydroxyl groups excluding tert-OH is 1. The zero-order valence-electron chi connectivity index (χ0n) is 9.69. The Morgan fingerprint density at radius 2 is 2.06 bits per heavy atom.